The third kappa shape index (κ3) is 7.63. The van der Waals surface area contributed by atoms with Crippen molar-refractivity contribution in [2.45, 2.75) is 95.7 Å². The number of rotatable bonds is 11. The fourth-order valence-corrected chi connectivity index (χ4v) is 3.23. The summed E-state index contributed by atoms with van der Waals surface area (Å²) in [6, 6.07) is 0. The second kappa shape index (κ2) is 13.1. The van der Waals surface area contributed by atoms with E-state index in [9.17, 15) is 30.0 Å². The van der Waals surface area contributed by atoms with Crippen molar-refractivity contribution in [1.29, 1.82) is 0 Å². The molecule has 9 nitrogen and oxygen atoms in total. The van der Waals surface area contributed by atoms with Gasteiger partial charge in [-0.05, 0) is 19.3 Å². The number of aliphatic hydroxyl groups excluding tert-OH is 4. The fraction of sp³-hybridized carbons (Fsp3) is 0.895. The lowest BCUT2D eigenvalue weighted by Gasteiger charge is -2.40. The lowest BCUT2D eigenvalue weighted by atomic mass is 9.88. The molecule has 2 unspecified atom stereocenters. The van der Waals surface area contributed by atoms with E-state index in [-0.39, 0.29) is 12.8 Å². The first-order chi connectivity index (χ1) is 13.3. The van der Waals surface area contributed by atoms with Gasteiger partial charge in [0.05, 0.1) is 25.0 Å². The maximum absolute atomic E-state index is 12.3. The van der Waals surface area contributed by atoms with Gasteiger partial charge in [0.1, 0.15) is 24.4 Å². The quantitative estimate of drug-likeness (QED) is 0.220. The highest BCUT2D eigenvalue weighted by molar-refractivity contribution is 5.74. The van der Waals surface area contributed by atoms with Crippen LogP contribution in [0.25, 0.3) is 0 Å². The van der Waals surface area contributed by atoms with Crippen LogP contribution in [0.4, 0.5) is 0 Å². The minimum absolute atomic E-state index is 0.0117. The number of hydrogen-bond acceptors (Lipinski definition) is 9. The molecule has 0 aromatic rings. The molecule has 0 aliphatic carbocycles. The Morgan fingerprint density at radius 1 is 0.929 bits per heavy atom. The highest BCUT2D eigenvalue weighted by atomic mass is 17.2. The molecule has 9 heteroatoms. The molecule has 1 aliphatic rings. The molecule has 28 heavy (non-hydrogen) atoms. The third-order valence-electron chi connectivity index (χ3n) is 4.93. The molecular weight excluding hydrogens is 372 g/mol. The van der Waals surface area contributed by atoms with Crippen LogP contribution in [0.3, 0.4) is 0 Å². The van der Waals surface area contributed by atoms with E-state index in [0.29, 0.717) is 19.3 Å². The van der Waals surface area contributed by atoms with E-state index in [0.717, 1.165) is 19.3 Å². The predicted molar refractivity (Wildman–Crippen MR) is 97.7 cm³/mol. The van der Waals surface area contributed by atoms with E-state index in [4.69, 9.17) is 4.74 Å². The van der Waals surface area contributed by atoms with Gasteiger partial charge < -0.3 is 25.2 Å². The van der Waals surface area contributed by atoms with Crippen molar-refractivity contribution in [3.63, 3.8) is 0 Å². The normalized spacial score (nSPS) is 28.6. The average molecular weight is 406 g/mol. The molecule has 6 atom stereocenters. The van der Waals surface area contributed by atoms with Crippen molar-refractivity contribution in [1.82, 2.24) is 0 Å². The molecule has 164 valence electrons. The van der Waals surface area contributed by atoms with E-state index in [1.807, 2.05) is 6.92 Å². The summed E-state index contributed by atoms with van der Waals surface area (Å²) in [6.45, 7) is 3.37. The molecule has 0 saturated carbocycles. The Bertz CT molecular complexity index is 468. The van der Waals surface area contributed by atoms with Crippen LogP contribution >= 0.6 is 0 Å². The summed E-state index contributed by atoms with van der Waals surface area (Å²) in [5, 5.41) is 39.1. The van der Waals surface area contributed by atoms with E-state index in [2.05, 4.69) is 16.7 Å². The standard InChI is InChI=1S/C19H34O9/c1-3-5-6-7-9-15(21)27-28-19(25)12(8-4-2)10-13-16(22)18(24)17(23)14(11-20)26-13/h12-14,16-18,20,22-24H,3-11H2,1-2H3/t12?,13?,14-,16+,17-,18-/m1/s1. The number of carbonyl (C=O) groups excluding carboxylic acids is 2. The number of hydrogen-bond donors (Lipinski definition) is 4. The Balaban J connectivity index is 2.56. The van der Waals surface area contributed by atoms with Crippen LogP contribution in [0.15, 0.2) is 0 Å². The van der Waals surface area contributed by atoms with Crippen molar-refractivity contribution < 1.29 is 44.5 Å². The number of ether oxygens (including phenoxy) is 1. The van der Waals surface area contributed by atoms with E-state index in [1.165, 1.54) is 0 Å². The van der Waals surface area contributed by atoms with Crippen LogP contribution in [0.5, 0.6) is 0 Å². The fourth-order valence-electron chi connectivity index (χ4n) is 3.23. The van der Waals surface area contributed by atoms with Gasteiger partial charge in [0.15, 0.2) is 0 Å². The summed E-state index contributed by atoms with van der Waals surface area (Å²) in [4.78, 5) is 33.2. The van der Waals surface area contributed by atoms with Gasteiger partial charge in [-0.25, -0.2) is 19.4 Å². The van der Waals surface area contributed by atoms with Crippen molar-refractivity contribution in [2.24, 2.45) is 5.92 Å². The summed E-state index contributed by atoms with van der Waals surface area (Å²) in [5.41, 5.74) is 0. The average Bonchev–Trinajstić information content (AvgIpc) is 2.69. The SMILES string of the molecule is CCCCCCC(=O)OOC(=O)C(CCC)CC1O[C@H](CO)[C@@H](O)[C@H](O)[C@H]1O. The summed E-state index contributed by atoms with van der Waals surface area (Å²) < 4.78 is 5.43. The highest BCUT2D eigenvalue weighted by Gasteiger charge is 2.44. The zero-order valence-electron chi connectivity index (χ0n) is 16.7. The first kappa shape index (κ1) is 24.8. The largest absolute Gasteiger partial charge is 0.394 e. The minimum atomic E-state index is -1.50. The Kier molecular flexibility index (Phi) is 11.6. The molecule has 1 saturated heterocycles. The third-order valence-corrected chi connectivity index (χ3v) is 4.93. The first-order valence-corrected chi connectivity index (χ1v) is 10.1. The second-order valence-corrected chi connectivity index (χ2v) is 7.26. The topological polar surface area (TPSA) is 143 Å². The molecule has 1 aliphatic heterocycles. The molecule has 0 aromatic carbocycles. The van der Waals surface area contributed by atoms with Crippen molar-refractivity contribution in [3.05, 3.63) is 0 Å². The molecule has 4 N–H and O–H groups in total. The van der Waals surface area contributed by atoms with Gasteiger partial charge in [0, 0.05) is 0 Å². The monoisotopic (exact) mass is 406 g/mol. The van der Waals surface area contributed by atoms with Gasteiger partial charge >= 0.3 is 11.9 Å². The maximum Gasteiger partial charge on any atom is 0.358 e. The number of unbranched alkanes of at least 4 members (excludes halogenated alkanes) is 3. The van der Waals surface area contributed by atoms with Crippen molar-refractivity contribution in [3.8, 4) is 0 Å². The van der Waals surface area contributed by atoms with Crippen molar-refractivity contribution in [2.75, 3.05) is 6.61 Å². The molecule has 0 radical (unpaired) electrons. The van der Waals surface area contributed by atoms with Gasteiger partial charge in [-0.1, -0.05) is 39.5 Å². The van der Waals surface area contributed by atoms with E-state index >= 15 is 0 Å². The van der Waals surface area contributed by atoms with E-state index < -0.39 is 55.0 Å². The molecule has 1 heterocycles. The first-order valence-electron chi connectivity index (χ1n) is 10.1. The number of carbonyl (C=O) groups is 2. The summed E-state index contributed by atoms with van der Waals surface area (Å²) in [7, 11) is 0. The molecule has 1 rings (SSSR count). The van der Waals surface area contributed by atoms with Crippen LogP contribution in [0, 0.1) is 5.92 Å². The Labute approximate surface area is 165 Å². The predicted octanol–water partition coefficient (Wildman–Crippen LogP) is 0.607. The van der Waals surface area contributed by atoms with Crippen LogP contribution in [0.1, 0.15) is 65.2 Å². The van der Waals surface area contributed by atoms with Gasteiger partial charge in [-0.15, -0.1) is 0 Å². The maximum atomic E-state index is 12.3. The summed E-state index contributed by atoms with van der Waals surface area (Å²) >= 11 is 0. The molecule has 0 bridgehead atoms. The van der Waals surface area contributed by atoms with Gasteiger partial charge in [0.25, 0.3) is 0 Å². The summed E-state index contributed by atoms with van der Waals surface area (Å²) in [6.07, 6.45) is -1.62. The second-order valence-electron chi connectivity index (χ2n) is 7.26. The molecule has 0 amide bonds. The lowest BCUT2D eigenvalue weighted by molar-refractivity contribution is -0.265. The van der Waals surface area contributed by atoms with Crippen LogP contribution < -0.4 is 0 Å². The van der Waals surface area contributed by atoms with Crippen LogP contribution in [-0.2, 0) is 24.1 Å². The summed E-state index contributed by atoms with van der Waals surface area (Å²) in [5.74, 6) is -2.12. The minimum Gasteiger partial charge on any atom is -0.394 e. The Morgan fingerprint density at radius 2 is 1.61 bits per heavy atom. The highest BCUT2D eigenvalue weighted by Crippen LogP contribution is 2.27. The van der Waals surface area contributed by atoms with Gasteiger partial charge in [0.2, 0.25) is 0 Å². The van der Waals surface area contributed by atoms with Gasteiger partial charge in [-0.3, -0.25) is 0 Å². The molecule has 0 aromatic heterocycles. The zero-order chi connectivity index (χ0) is 21.1. The van der Waals surface area contributed by atoms with Crippen molar-refractivity contribution >= 4 is 11.9 Å². The van der Waals surface area contributed by atoms with E-state index in [1.54, 1.807) is 0 Å². The lowest BCUT2D eigenvalue weighted by Crippen LogP contribution is -2.58. The molecule has 0 spiro atoms. The smallest absolute Gasteiger partial charge is 0.358 e. The molecular formula is C19H34O9. The Morgan fingerprint density at radius 3 is 2.21 bits per heavy atom. The Hall–Kier alpha value is -1.26. The zero-order valence-corrected chi connectivity index (χ0v) is 16.7. The van der Waals surface area contributed by atoms with Crippen LogP contribution in [-0.4, -0.2) is 69.5 Å². The number of aliphatic hydroxyl groups is 4. The van der Waals surface area contributed by atoms with Crippen LogP contribution in [0.2, 0.25) is 0 Å². The van der Waals surface area contributed by atoms with Gasteiger partial charge in [-0.2, -0.15) is 0 Å². The molecule has 1 fully saturated rings.